The van der Waals surface area contributed by atoms with E-state index in [-0.39, 0.29) is 0 Å². The Morgan fingerprint density at radius 3 is 2.29 bits per heavy atom. The number of nitrogens with one attached hydrogen (secondary N) is 1. The third-order valence-electron chi connectivity index (χ3n) is 2.24. The molecular weight excluding hydrogens is 299 g/mol. The van der Waals surface area contributed by atoms with E-state index < -0.39 is 18.1 Å². The highest BCUT2D eigenvalue weighted by Gasteiger charge is 2.39. The lowest BCUT2D eigenvalue weighted by Crippen LogP contribution is -2.38. The molecule has 1 aromatic carbocycles. The van der Waals surface area contributed by atoms with Crippen LogP contribution >= 0.6 is 15.9 Å². The summed E-state index contributed by atoms with van der Waals surface area (Å²) < 4.78 is 37.2. The van der Waals surface area contributed by atoms with Gasteiger partial charge in [-0.05, 0) is 24.1 Å². The fraction of sp³-hybridized carbons (Fsp3) is 0.364. The number of carbonyl (C=O) groups is 1. The molecule has 1 amide bonds. The molecule has 6 heteroatoms. The van der Waals surface area contributed by atoms with Gasteiger partial charge in [0.15, 0.2) is 0 Å². The number of hydrogen-bond donors (Lipinski definition) is 1. The van der Waals surface area contributed by atoms with Gasteiger partial charge in [0, 0.05) is 4.47 Å². The molecule has 94 valence electrons. The van der Waals surface area contributed by atoms with Crippen LogP contribution < -0.4 is 5.32 Å². The molecule has 2 nitrogen and oxygen atoms in total. The van der Waals surface area contributed by atoms with Crippen LogP contribution in [0.2, 0.25) is 0 Å². The fourth-order valence-corrected chi connectivity index (χ4v) is 1.62. The first-order chi connectivity index (χ1) is 7.84. The monoisotopic (exact) mass is 309 g/mol. The summed E-state index contributed by atoms with van der Waals surface area (Å²) in [5.74, 6) is -1.91. The number of benzene rings is 1. The normalized spacial score (nSPS) is 13.2. The minimum Gasteiger partial charge on any atom is -0.341 e. The zero-order chi connectivity index (χ0) is 13.1. The Labute approximate surface area is 105 Å². The predicted molar refractivity (Wildman–Crippen MR) is 61.4 cm³/mol. The molecule has 0 aliphatic rings. The number of alkyl halides is 3. The lowest BCUT2D eigenvalue weighted by Gasteiger charge is -2.18. The topological polar surface area (TPSA) is 29.1 Å². The molecule has 0 fully saturated rings. The van der Waals surface area contributed by atoms with E-state index in [1.165, 1.54) is 0 Å². The third-order valence-corrected chi connectivity index (χ3v) is 2.77. The molecule has 1 atom stereocenters. The van der Waals surface area contributed by atoms with E-state index in [9.17, 15) is 18.0 Å². The first-order valence-electron chi connectivity index (χ1n) is 4.97. The molecule has 1 N–H and O–H groups in total. The van der Waals surface area contributed by atoms with Crippen molar-refractivity contribution in [3.63, 3.8) is 0 Å². The van der Waals surface area contributed by atoms with Gasteiger partial charge >= 0.3 is 12.1 Å². The maximum Gasteiger partial charge on any atom is 0.471 e. The predicted octanol–water partition coefficient (Wildman–Crippen LogP) is 3.58. The Hall–Kier alpha value is -1.04. The van der Waals surface area contributed by atoms with Crippen molar-refractivity contribution >= 4 is 21.8 Å². The molecule has 1 aromatic rings. The van der Waals surface area contributed by atoms with Crippen LogP contribution in [0.1, 0.15) is 24.9 Å². The van der Waals surface area contributed by atoms with E-state index in [2.05, 4.69) is 15.9 Å². The Morgan fingerprint density at radius 2 is 1.88 bits per heavy atom. The standard InChI is InChI=1S/C11H11BrF3NO/c1-2-9(16-10(17)11(13,14)15)7-3-5-8(12)6-4-7/h3-6,9H,2H2,1H3,(H,16,17)/t9-/m1/s1. The van der Waals surface area contributed by atoms with Gasteiger partial charge in [-0.1, -0.05) is 35.0 Å². The molecule has 0 aliphatic carbocycles. The van der Waals surface area contributed by atoms with Crippen molar-refractivity contribution in [1.82, 2.24) is 5.32 Å². The van der Waals surface area contributed by atoms with Gasteiger partial charge in [-0.2, -0.15) is 13.2 Å². The van der Waals surface area contributed by atoms with Gasteiger partial charge in [0.2, 0.25) is 0 Å². The van der Waals surface area contributed by atoms with Crippen molar-refractivity contribution < 1.29 is 18.0 Å². The SMILES string of the molecule is CC[C@@H](NC(=O)C(F)(F)F)c1ccc(Br)cc1. The molecule has 0 aliphatic heterocycles. The second kappa shape index (κ2) is 5.53. The van der Waals surface area contributed by atoms with Crippen molar-refractivity contribution in [2.45, 2.75) is 25.6 Å². The van der Waals surface area contributed by atoms with E-state index in [0.29, 0.717) is 12.0 Å². The first kappa shape index (κ1) is 14.0. The highest BCUT2D eigenvalue weighted by Crippen LogP contribution is 2.22. The molecule has 0 radical (unpaired) electrons. The lowest BCUT2D eigenvalue weighted by molar-refractivity contribution is -0.174. The lowest BCUT2D eigenvalue weighted by atomic mass is 10.0. The first-order valence-corrected chi connectivity index (χ1v) is 5.77. The number of halogens is 4. The number of carbonyl (C=O) groups excluding carboxylic acids is 1. The Morgan fingerprint density at radius 1 is 1.35 bits per heavy atom. The largest absolute Gasteiger partial charge is 0.471 e. The molecule has 1 rings (SSSR count). The van der Waals surface area contributed by atoms with Crippen molar-refractivity contribution in [2.24, 2.45) is 0 Å². The van der Waals surface area contributed by atoms with E-state index in [1.54, 1.807) is 31.2 Å². The molecule has 0 unspecified atom stereocenters. The van der Waals surface area contributed by atoms with Crippen molar-refractivity contribution in [1.29, 1.82) is 0 Å². The summed E-state index contributed by atoms with van der Waals surface area (Å²) in [6, 6.07) is 6.16. The van der Waals surface area contributed by atoms with Crippen LogP contribution in [0, 0.1) is 0 Å². The summed E-state index contributed by atoms with van der Waals surface area (Å²) in [7, 11) is 0. The van der Waals surface area contributed by atoms with Crippen LogP contribution in [-0.4, -0.2) is 12.1 Å². The minimum absolute atomic E-state index is 0.392. The van der Waals surface area contributed by atoms with E-state index in [4.69, 9.17) is 0 Å². The maximum absolute atomic E-state index is 12.1. The molecule has 0 saturated carbocycles. The minimum atomic E-state index is -4.84. The summed E-state index contributed by atoms with van der Waals surface area (Å²) in [5, 5.41) is 1.96. The van der Waals surface area contributed by atoms with Gasteiger partial charge in [-0.25, -0.2) is 0 Å². The average Bonchev–Trinajstić information content (AvgIpc) is 2.25. The highest BCUT2D eigenvalue weighted by atomic mass is 79.9. The van der Waals surface area contributed by atoms with E-state index >= 15 is 0 Å². The molecule has 0 saturated heterocycles. The molecule has 0 bridgehead atoms. The Balaban J connectivity index is 2.79. The van der Waals surface area contributed by atoms with Crippen molar-refractivity contribution in [3.8, 4) is 0 Å². The molecule has 17 heavy (non-hydrogen) atoms. The van der Waals surface area contributed by atoms with Gasteiger partial charge in [0.25, 0.3) is 0 Å². The quantitative estimate of drug-likeness (QED) is 0.908. The fourth-order valence-electron chi connectivity index (χ4n) is 1.36. The smallest absolute Gasteiger partial charge is 0.341 e. The van der Waals surface area contributed by atoms with Gasteiger partial charge in [-0.3, -0.25) is 4.79 Å². The summed E-state index contributed by atoms with van der Waals surface area (Å²) >= 11 is 3.23. The Kier molecular flexibility index (Phi) is 4.56. The van der Waals surface area contributed by atoms with Gasteiger partial charge in [-0.15, -0.1) is 0 Å². The van der Waals surface area contributed by atoms with Crippen LogP contribution in [-0.2, 0) is 4.79 Å². The van der Waals surface area contributed by atoms with E-state index in [0.717, 1.165) is 4.47 Å². The molecule has 0 spiro atoms. The van der Waals surface area contributed by atoms with Crippen molar-refractivity contribution in [2.75, 3.05) is 0 Å². The second-order valence-electron chi connectivity index (χ2n) is 3.48. The van der Waals surface area contributed by atoms with Gasteiger partial charge < -0.3 is 5.32 Å². The third kappa shape index (κ3) is 4.03. The van der Waals surface area contributed by atoms with Crippen LogP contribution in [0.15, 0.2) is 28.7 Å². The molecule has 0 aromatic heterocycles. The summed E-state index contributed by atoms with van der Waals surface area (Å²) in [6.45, 7) is 1.71. The number of amides is 1. The number of rotatable bonds is 3. The van der Waals surface area contributed by atoms with Gasteiger partial charge in [0.1, 0.15) is 0 Å². The van der Waals surface area contributed by atoms with E-state index in [1.807, 2.05) is 5.32 Å². The summed E-state index contributed by atoms with van der Waals surface area (Å²) in [5.41, 5.74) is 0.647. The van der Waals surface area contributed by atoms with Crippen LogP contribution in [0.25, 0.3) is 0 Å². The highest BCUT2D eigenvalue weighted by molar-refractivity contribution is 9.10. The molecular formula is C11H11BrF3NO. The average molecular weight is 310 g/mol. The van der Waals surface area contributed by atoms with Crippen molar-refractivity contribution in [3.05, 3.63) is 34.3 Å². The van der Waals surface area contributed by atoms with Gasteiger partial charge in [0.05, 0.1) is 6.04 Å². The second-order valence-corrected chi connectivity index (χ2v) is 4.40. The number of hydrogen-bond acceptors (Lipinski definition) is 1. The summed E-state index contributed by atoms with van der Waals surface area (Å²) in [4.78, 5) is 10.8. The van der Waals surface area contributed by atoms with Crippen LogP contribution in [0.3, 0.4) is 0 Å². The zero-order valence-corrected chi connectivity index (χ0v) is 10.6. The molecule has 0 heterocycles. The van der Waals surface area contributed by atoms with Crippen LogP contribution in [0.4, 0.5) is 13.2 Å². The van der Waals surface area contributed by atoms with Crippen LogP contribution in [0.5, 0.6) is 0 Å². The zero-order valence-electron chi connectivity index (χ0n) is 9.01. The summed E-state index contributed by atoms with van der Waals surface area (Å²) in [6.07, 6.45) is -4.45. The maximum atomic E-state index is 12.1. The Bertz CT molecular complexity index is 389.